The van der Waals surface area contributed by atoms with Gasteiger partial charge in [-0.05, 0) is 49.6 Å². The number of rotatable bonds is 5. The zero-order valence-corrected chi connectivity index (χ0v) is 22.5. The quantitative estimate of drug-likeness (QED) is 0.322. The Morgan fingerprint density at radius 2 is 1.74 bits per heavy atom. The molecule has 1 fully saturated rings. The third kappa shape index (κ3) is 4.96. The van der Waals surface area contributed by atoms with E-state index in [1.54, 1.807) is 15.6 Å². The smallest absolute Gasteiger partial charge is 0.242 e. The highest BCUT2D eigenvalue weighted by atomic mass is 32.2. The Bertz CT molecular complexity index is 1510. The van der Waals surface area contributed by atoms with Crippen LogP contribution in [0.25, 0.3) is 16.9 Å². The van der Waals surface area contributed by atoms with Crippen LogP contribution in [0.5, 0.6) is 0 Å². The normalized spacial score (nSPS) is 17.3. The largest absolute Gasteiger partial charge is 0.341 e. The molecular formula is C31H29FN4O2S. The third-order valence-corrected chi connectivity index (χ3v) is 8.57. The highest BCUT2D eigenvalue weighted by Gasteiger charge is 2.38. The fraction of sp³-hybridized carbons (Fsp3) is 0.258. The van der Waals surface area contributed by atoms with Gasteiger partial charge in [-0.25, -0.2) is 9.07 Å². The van der Waals surface area contributed by atoms with Crippen LogP contribution in [0.15, 0.2) is 78.9 Å². The molecule has 3 aromatic carbocycles. The molecule has 0 spiro atoms. The maximum absolute atomic E-state index is 14.5. The molecule has 0 unspecified atom stereocenters. The zero-order chi connectivity index (χ0) is 26.9. The third-order valence-electron chi connectivity index (χ3n) is 7.32. The summed E-state index contributed by atoms with van der Waals surface area (Å²) in [6.45, 7) is 3.37. The van der Waals surface area contributed by atoms with Crippen LogP contribution in [0.3, 0.4) is 0 Å². The summed E-state index contributed by atoms with van der Waals surface area (Å²) in [4.78, 5) is 30.6. The van der Waals surface area contributed by atoms with Crippen molar-refractivity contribution in [1.29, 1.82) is 0 Å². The van der Waals surface area contributed by atoms with Gasteiger partial charge in [0, 0.05) is 24.2 Å². The first-order valence-electron chi connectivity index (χ1n) is 13.2. The van der Waals surface area contributed by atoms with Gasteiger partial charge in [0.1, 0.15) is 18.2 Å². The average Bonchev–Trinajstić information content (AvgIpc) is 3.59. The number of benzene rings is 3. The Balaban J connectivity index is 1.60. The maximum Gasteiger partial charge on any atom is 0.242 e. The first kappa shape index (κ1) is 25.4. The first-order chi connectivity index (χ1) is 19.0. The van der Waals surface area contributed by atoms with Crippen LogP contribution in [0.1, 0.15) is 34.8 Å². The molecule has 6 nitrogen and oxygen atoms in total. The number of halogens is 1. The fourth-order valence-corrected chi connectivity index (χ4v) is 6.52. The fourth-order valence-electron chi connectivity index (χ4n) is 5.33. The molecule has 39 heavy (non-hydrogen) atoms. The molecule has 8 heteroatoms. The number of nitrogens with zero attached hydrogens (tertiary/aromatic N) is 4. The van der Waals surface area contributed by atoms with E-state index in [0.29, 0.717) is 24.6 Å². The van der Waals surface area contributed by atoms with Crippen LogP contribution in [-0.2, 0) is 9.59 Å². The summed E-state index contributed by atoms with van der Waals surface area (Å²) in [5.41, 5.74) is 5.05. The minimum absolute atomic E-state index is 0.0615. The Labute approximate surface area is 231 Å². The predicted octanol–water partition coefficient (Wildman–Crippen LogP) is 5.78. The summed E-state index contributed by atoms with van der Waals surface area (Å²) in [5, 5.41) is 4.72. The molecular weight excluding hydrogens is 511 g/mol. The van der Waals surface area contributed by atoms with Crippen molar-refractivity contribution in [3.05, 3.63) is 101 Å². The lowest BCUT2D eigenvalue weighted by atomic mass is 9.99. The second-order valence-corrected chi connectivity index (χ2v) is 11.1. The van der Waals surface area contributed by atoms with Crippen molar-refractivity contribution in [3.63, 3.8) is 0 Å². The monoisotopic (exact) mass is 540 g/mol. The Morgan fingerprint density at radius 3 is 2.46 bits per heavy atom. The van der Waals surface area contributed by atoms with Gasteiger partial charge in [0.15, 0.2) is 0 Å². The molecule has 4 aromatic rings. The molecule has 2 aliphatic heterocycles. The van der Waals surface area contributed by atoms with Crippen LogP contribution in [0, 0.1) is 12.7 Å². The summed E-state index contributed by atoms with van der Waals surface area (Å²) in [6, 6.07) is 24.3. The molecule has 0 N–H and O–H groups in total. The van der Waals surface area contributed by atoms with Gasteiger partial charge in [-0.15, -0.1) is 11.8 Å². The maximum atomic E-state index is 14.5. The number of hydrogen-bond donors (Lipinski definition) is 0. The first-order valence-corrected chi connectivity index (χ1v) is 14.2. The van der Waals surface area contributed by atoms with Crippen LogP contribution in [0.2, 0.25) is 0 Å². The summed E-state index contributed by atoms with van der Waals surface area (Å²) in [6.07, 6.45) is 1.95. The van der Waals surface area contributed by atoms with Crippen molar-refractivity contribution in [2.75, 3.05) is 30.3 Å². The summed E-state index contributed by atoms with van der Waals surface area (Å²) < 4.78 is 16.3. The van der Waals surface area contributed by atoms with Crippen LogP contribution >= 0.6 is 11.8 Å². The summed E-state index contributed by atoms with van der Waals surface area (Å²) >= 11 is 1.44. The van der Waals surface area contributed by atoms with E-state index in [-0.39, 0.29) is 35.2 Å². The second kappa shape index (κ2) is 10.7. The molecule has 1 aromatic heterocycles. The molecule has 6 rings (SSSR count). The van der Waals surface area contributed by atoms with Gasteiger partial charge in [-0.3, -0.25) is 14.5 Å². The van der Waals surface area contributed by atoms with Crippen molar-refractivity contribution in [3.8, 4) is 16.9 Å². The number of carbonyl (C=O) groups excluding carboxylic acids is 2. The van der Waals surface area contributed by atoms with Gasteiger partial charge < -0.3 is 4.90 Å². The van der Waals surface area contributed by atoms with Gasteiger partial charge in [-0.2, -0.15) is 5.10 Å². The van der Waals surface area contributed by atoms with E-state index in [0.717, 1.165) is 40.8 Å². The molecule has 1 atom stereocenters. The van der Waals surface area contributed by atoms with Crippen molar-refractivity contribution in [1.82, 2.24) is 14.7 Å². The Morgan fingerprint density at radius 1 is 1.00 bits per heavy atom. The number of anilines is 1. The highest BCUT2D eigenvalue weighted by Crippen LogP contribution is 2.48. The molecule has 2 aliphatic rings. The van der Waals surface area contributed by atoms with Crippen molar-refractivity contribution >= 4 is 29.4 Å². The van der Waals surface area contributed by atoms with Gasteiger partial charge >= 0.3 is 0 Å². The molecule has 1 saturated heterocycles. The Hall–Kier alpha value is -3.91. The minimum atomic E-state index is -0.360. The van der Waals surface area contributed by atoms with Crippen LogP contribution < -0.4 is 4.90 Å². The number of hydrogen-bond acceptors (Lipinski definition) is 4. The van der Waals surface area contributed by atoms with E-state index < -0.39 is 0 Å². The number of aromatic nitrogens is 2. The highest BCUT2D eigenvalue weighted by molar-refractivity contribution is 8.00. The number of carbonyl (C=O) groups is 2. The molecule has 2 amide bonds. The Kier molecular flexibility index (Phi) is 6.95. The van der Waals surface area contributed by atoms with Gasteiger partial charge in [0.05, 0.1) is 22.4 Å². The lowest BCUT2D eigenvalue weighted by molar-refractivity contribution is -0.130. The van der Waals surface area contributed by atoms with Gasteiger partial charge in [0.25, 0.3) is 0 Å². The molecule has 0 bridgehead atoms. The molecule has 0 aliphatic carbocycles. The van der Waals surface area contributed by atoms with E-state index in [1.165, 1.54) is 23.9 Å². The van der Waals surface area contributed by atoms with Gasteiger partial charge in [-0.1, -0.05) is 60.2 Å². The zero-order valence-electron chi connectivity index (χ0n) is 21.7. The van der Waals surface area contributed by atoms with Crippen LogP contribution in [-0.4, -0.2) is 51.9 Å². The average molecular weight is 541 g/mol. The number of aryl methyl sites for hydroxylation is 1. The lowest BCUT2D eigenvalue weighted by Gasteiger charge is -2.25. The summed E-state index contributed by atoms with van der Waals surface area (Å²) in [7, 11) is 0. The number of likely N-dealkylation sites (tertiary alicyclic amines) is 1. The number of thioether (sulfide) groups is 1. The summed E-state index contributed by atoms with van der Waals surface area (Å²) in [5.74, 6) is 0.151. The van der Waals surface area contributed by atoms with E-state index >= 15 is 0 Å². The second-order valence-electron chi connectivity index (χ2n) is 10.0. The van der Waals surface area contributed by atoms with Gasteiger partial charge in [0.2, 0.25) is 11.8 Å². The van der Waals surface area contributed by atoms with E-state index in [4.69, 9.17) is 5.10 Å². The minimum Gasteiger partial charge on any atom is -0.341 e. The predicted molar refractivity (Wildman–Crippen MR) is 153 cm³/mol. The molecule has 0 saturated carbocycles. The molecule has 3 heterocycles. The lowest BCUT2D eigenvalue weighted by Crippen LogP contribution is -2.43. The van der Waals surface area contributed by atoms with Crippen LogP contribution in [0.4, 0.5) is 10.2 Å². The molecule has 0 radical (unpaired) electrons. The van der Waals surface area contributed by atoms with E-state index in [1.807, 2.05) is 72.5 Å². The number of fused-ring (bicyclic) bond motifs is 1. The van der Waals surface area contributed by atoms with Crippen molar-refractivity contribution in [2.24, 2.45) is 0 Å². The standard InChI is InChI=1S/C31H29FN4O2S/c1-21-12-14-25(15-13-21)36-31-28(29(33-36)22-8-3-2-4-9-22)30(23-10-7-11-24(32)18-23)39-20-27(38)35(31)19-26(37)34-16-5-6-17-34/h2-4,7-15,18,30H,5-6,16-17,19-20H2,1H3/t30-/m0/s1. The molecule has 198 valence electrons. The van der Waals surface area contributed by atoms with E-state index in [2.05, 4.69) is 0 Å². The van der Waals surface area contributed by atoms with Crippen molar-refractivity contribution < 1.29 is 14.0 Å². The van der Waals surface area contributed by atoms with Crippen molar-refractivity contribution in [2.45, 2.75) is 25.0 Å². The topological polar surface area (TPSA) is 58.4 Å². The SMILES string of the molecule is Cc1ccc(-n2nc(-c3ccccc3)c3c2N(CC(=O)N2CCCC2)C(=O)CS[C@H]3c2cccc(F)c2)cc1. The van der Waals surface area contributed by atoms with E-state index in [9.17, 15) is 14.0 Å². The number of amides is 2.